The summed E-state index contributed by atoms with van der Waals surface area (Å²) in [6.07, 6.45) is 4.87. The Balaban J connectivity index is 1.83. The number of aliphatic hydroxyl groups is 1. The van der Waals surface area contributed by atoms with Gasteiger partial charge in [0.25, 0.3) is 0 Å². The van der Waals surface area contributed by atoms with E-state index in [0.717, 1.165) is 15.6 Å². The molecule has 4 nitrogen and oxygen atoms in total. The SMILES string of the molecule is CCC[CH2][Sn]1([CH2]CCC)[CH]=C2CN(S(=O)(=O)c3ccc(C)cc3)[C@@H](c3ccccc3)[C@@]2(CO)[CH2]1. The van der Waals surface area contributed by atoms with E-state index in [-0.39, 0.29) is 12.6 Å². The van der Waals surface area contributed by atoms with Gasteiger partial charge in [0.05, 0.1) is 0 Å². The Hall–Kier alpha value is -1.15. The fourth-order valence-electron chi connectivity index (χ4n) is 6.25. The van der Waals surface area contributed by atoms with Crippen molar-refractivity contribution in [1.82, 2.24) is 4.31 Å². The molecule has 0 saturated carbocycles. The van der Waals surface area contributed by atoms with Crippen LogP contribution < -0.4 is 0 Å². The van der Waals surface area contributed by atoms with Crippen molar-refractivity contribution < 1.29 is 13.5 Å². The van der Waals surface area contributed by atoms with Gasteiger partial charge in [-0.3, -0.25) is 0 Å². The normalized spacial score (nSPS) is 24.2. The molecular formula is C28H39NO3SSn. The van der Waals surface area contributed by atoms with E-state index in [1.807, 2.05) is 49.4 Å². The van der Waals surface area contributed by atoms with E-state index in [0.29, 0.717) is 11.4 Å². The molecule has 1 N–H and O–H groups in total. The molecule has 1 saturated heterocycles. The topological polar surface area (TPSA) is 57.6 Å². The summed E-state index contributed by atoms with van der Waals surface area (Å²) in [4.78, 5) is 0.333. The number of hydrogen-bond donors (Lipinski definition) is 1. The van der Waals surface area contributed by atoms with Gasteiger partial charge < -0.3 is 0 Å². The van der Waals surface area contributed by atoms with Crippen molar-refractivity contribution in [3.05, 3.63) is 75.4 Å². The molecule has 2 aliphatic heterocycles. The summed E-state index contributed by atoms with van der Waals surface area (Å²) in [5, 5.41) is 11.0. The van der Waals surface area contributed by atoms with Crippen LogP contribution in [0.3, 0.4) is 0 Å². The summed E-state index contributed by atoms with van der Waals surface area (Å²) in [6, 6.07) is 16.8. The van der Waals surface area contributed by atoms with Crippen LogP contribution in [0.15, 0.2) is 69.2 Å². The van der Waals surface area contributed by atoms with Gasteiger partial charge in [-0.2, -0.15) is 0 Å². The fourth-order valence-corrected chi connectivity index (χ4v) is 25.1. The maximum absolute atomic E-state index is 14.0. The average molecular weight is 588 g/mol. The molecule has 34 heavy (non-hydrogen) atoms. The molecule has 0 amide bonds. The van der Waals surface area contributed by atoms with Crippen molar-refractivity contribution in [1.29, 1.82) is 0 Å². The van der Waals surface area contributed by atoms with Crippen molar-refractivity contribution in [3.63, 3.8) is 0 Å². The van der Waals surface area contributed by atoms with E-state index < -0.39 is 33.8 Å². The van der Waals surface area contributed by atoms with Gasteiger partial charge >= 0.3 is 211 Å². The van der Waals surface area contributed by atoms with Crippen molar-refractivity contribution in [2.75, 3.05) is 13.2 Å². The Kier molecular flexibility index (Phi) is 7.97. The predicted molar refractivity (Wildman–Crippen MR) is 142 cm³/mol. The number of sulfonamides is 1. The molecule has 184 valence electrons. The van der Waals surface area contributed by atoms with Crippen molar-refractivity contribution in [2.24, 2.45) is 5.41 Å². The molecule has 2 atom stereocenters. The van der Waals surface area contributed by atoms with Crippen LogP contribution in [-0.2, 0) is 10.0 Å². The monoisotopic (exact) mass is 589 g/mol. The average Bonchev–Trinajstić information content (AvgIpc) is 3.33. The molecule has 2 heterocycles. The van der Waals surface area contributed by atoms with Gasteiger partial charge in [-0.05, 0) is 0 Å². The number of benzene rings is 2. The van der Waals surface area contributed by atoms with Crippen LogP contribution in [0.2, 0.25) is 13.3 Å². The molecule has 0 aromatic heterocycles. The van der Waals surface area contributed by atoms with Crippen LogP contribution in [0.4, 0.5) is 0 Å². The second-order valence-corrected chi connectivity index (χ2v) is 24.8. The predicted octanol–water partition coefficient (Wildman–Crippen LogP) is 6.25. The third-order valence-electron chi connectivity index (χ3n) is 8.01. The molecule has 0 spiro atoms. The minimum atomic E-state index is -3.71. The molecule has 1 fully saturated rings. The standard InChI is InChI=1S/C20H21NO3S.2C4H9.Sn/c1-15-9-11-18(12-10-15)25(23,24)21-13-16(2)20(3,14-22)19(21)17-7-5-4-6-8-17;2*1-3-4-2;/h2,4-12,19,22H,3,13-14H2,1H3;2*1,3-4H2,2H3;/t19-,20+;;;/m0.../s1. The van der Waals surface area contributed by atoms with E-state index in [9.17, 15) is 13.5 Å². The number of nitrogens with zero attached hydrogens (tertiary/aromatic N) is 1. The van der Waals surface area contributed by atoms with Crippen LogP contribution in [0.1, 0.15) is 56.7 Å². The maximum atomic E-state index is 14.0. The van der Waals surface area contributed by atoms with Gasteiger partial charge in [-0.1, -0.05) is 0 Å². The van der Waals surface area contributed by atoms with Crippen LogP contribution in [0, 0.1) is 12.3 Å². The number of aryl methyl sites for hydroxylation is 1. The fraction of sp³-hybridized carbons (Fsp3) is 0.500. The van der Waals surface area contributed by atoms with Crippen LogP contribution in [0.5, 0.6) is 0 Å². The van der Waals surface area contributed by atoms with E-state index >= 15 is 0 Å². The Morgan fingerprint density at radius 2 is 1.62 bits per heavy atom. The molecule has 0 aliphatic carbocycles. The van der Waals surface area contributed by atoms with Gasteiger partial charge in [0, 0.05) is 0 Å². The first kappa shape index (κ1) is 25.9. The van der Waals surface area contributed by atoms with Crippen LogP contribution >= 0.6 is 0 Å². The number of aliphatic hydroxyl groups excluding tert-OH is 1. The second kappa shape index (κ2) is 10.5. The third-order valence-corrected chi connectivity index (χ3v) is 24.1. The summed E-state index contributed by atoms with van der Waals surface area (Å²) in [7, 11) is -3.71. The van der Waals surface area contributed by atoms with E-state index in [2.05, 4.69) is 17.9 Å². The van der Waals surface area contributed by atoms with E-state index in [4.69, 9.17) is 0 Å². The van der Waals surface area contributed by atoms with Crippen molar-refractivity contribution >= 4 is 28.4 Å². The molecular weight excluding hydrogens is 549 g/mol. The molecule has 2 aliphatic rings. The quantitative estimate of drug-likeness (QED) is 0.334. The number of rotatable bonds is 10. The van der Waals surface area contributed by atoms with Gasteiger partial charge in [-0.15, -0.1) is 0 Å². The Morgan fingerprint density at radius 1 is 1.00 bits per heavy atom. The minimum absolute atomic E-state index is 0.00916. The summed E-state index contributed by atoms with van der Waals surface area (Å²) in [5.74, 6) is 0. The first-order chi connectivity index (χ1) is 16.3. The molecule has 2 aromatic carbocycles. The van der Waals surface area contributed by atoms with E-state index in [1.54, 1.807) is 16.4 Å². The summed E-state index contributed by atoms with van der Waals surface area (Å²) >= 11 is -2.68. The van der Waals surface area contributed by atoms with Gasteiger partial charge in [0.15, 0.2) is 0 Å². The zero-order chi connectivity index (χ0) is 24.4. The van der Waals surface area contributed by atoms with Crippen molar-refractivity contribution in [2.45, 2.75) is 70.7 Å². The van der Waals surface area contributed by atoms with Crippen molar-refractivity contribution in [3.8, 4) is 0 Å². The van der Waals surface area contributed by atoms with Crippen LogP contribution in [0.25, 0.3) is 0 Å². The van der Waals surface area contributed by atoms with Gasteiger partial charge in [0.2, 0.25) is 0 Å². The molecule has 6 heteroatoms. The summed E-state index contributed by atoms with van der Waals surface area (Å²) in [6.45, 7) is 6.89. The van der Waals surface area contributed by atoms with Crippen LogP contribution in [-0.4, -0.2) is 49.4 Å². The number of fused-ring (bicyclic) bond motifs is 1. The van der Waals surface area contributed by atoms with E-state index in [1.165, 1.54) is 40.1 Å². The first-order valence-corrected chi connectivity index (χ1v) is 21.9. The molecule has 0 radical (unpaired) electrons. The van der Waals surface area contributed by atoms with Gasteiger partial charge in [0.1, 0.15) is 0 Å². The Bertz CT molecular complexity index is 1110. The molecule has 0 bridgehead atoms. The molecule has 2 aromatic rings. The summed E-state index contributed by atoms with van der Waals surface area (Å²) < 4.78 is 35.8. The number of hydrogen-bond acceptors (Lipinski definition) is 3. The zero-order valence-electron chi connectivity index (χ0n) is 20.8. The third kappa shape index (κ3) is 4.65. The van der Waals surface area contributed by atoms with Gasteiger partial charge in [-0.25, -0.2) is 0 Å². The second-order valence-electron chi connectivity index (χ2n) is 10.4. The zero-order valence-corrected chi connectivity index (χ0v) is 24.5. The summed E-state index contributed by atoms with van der Waals surface area (Å²) in [5.41, 5.74) is 2.74. The number of unbranched alkanes of at least 4 members (excludes halogenated alkanes) is 2. The Labute approximate surface area is 210 Å². The molecule has 4 rings (SSSR count). The Morgan fingerprint density at radius 3 is 2.18 bits per heavy atom. The first-order valence-electron chi connectivity index (χ1n) is 12.8. The molecule has 0 unspecified atom stereocenters.